The van der Waals surface area contributed by atoms with E-state index in [1.54, 1.807) is 49.6 Å². The summed E-state index contributed by atoms with van der Waals surface area (Å²) in [4.78, 5) is 10.8. The molecule has 2 aromatic carbocycles. The molecule has 2 rings (SSSR count). The van der Waals surface area contributed by atoms with Crippen LogP contribution in [0.4, 0.5) is 0 Å². The number of methoxy groups -OCH3 is 1. The number of phenols is 1. The van der Waals surface area contributed by atoms with Crippen molar-refractivity contribution in [3.63, 3.8) is 0 Å². The third kappa shape index (κ3) is 2.28. The highest BCUT2D eigenvalue weighted by Crippen LogP contribution is 2.31. The van der Waals surface area contributed by atoms with E-state index in [1.165, 1.54) is 0 Å². The van der Waals surface area contributed by atoms with Gasteiger partial charge in [0.05, 0.1) is 7.11 Å². The first kappa shape index (κ1) is 11.2. The number of aromatic hydroxyl groups is 1. The molecule has 0 bridgehead atoms. The van der Waals surface area contributed by atoms with Gasteiger partial charge in [-0.2, -0.15) is 0 Å². The summed E-state index contributed by atoms with van der Waals surface area (Å²) >= 11 is 0. The normalized spacial score (nSPS) is 9.94. The van der Waals surface area contributed by atoms with E-state index < -0.39 is 0 Å². The van der Waals surface area contributed by atoms with Gasteiger partial charge < -0.3 is 9.84 Å². The lowest BCUT2D eigenvalue weighted by Gasteiger charge is -2.09. The van der Waals surface area contributed by atoms with Crippen molar-refractivity contribution < 1.29 is 14.6 Å². The van der Waals surface area contributed by atoms with Crippen LogP contribution in [0.3, 0.4) is 0 Å². The zero-order chi connectivity index (χ0) is 12.3. The highest BCUT2D eigenvalue weighted by Gasteiger charge is 2.06. The Kier molecular flexibility index (Phi) is 3.10. The summed E-state index contributed by atoms with van der Waals surface area (Å²) < 4.78 is 5.25. The number of benzene rings is 2. The lowest BCUT2D eigenvalue weighted by molar-refractivity contribution is 0.112. The van der Waals surface area contributed by atoms with Gasteiger partial charge in [0.1, 0.15) is 17.8 Å². The number of carbonyl (C=O) groups is 1. The molecular formula is C14H12O3. The van der Waals surface area contributed by atoms with Crippen molar-refractivity contribution >= 4 is 6.29 Å². The molecule has 3 nitrogen and oxygen atoms in total. The first-order chi connectivity index (χ1) is 8.24. The van der Waals surface area contributed by atoms with Gasteiger partial charge in [0.15, 0.2) is 0 Å². The highest BCUT2D eigenvalue weighted by molar-refractivity contribution is 5.81. The fourth-order valence-electron chi connectivity index (χ4n) is 1.67. The lowest BCUT2D eigenvalue weighted by atomic mass is 10.0. The number of rotatable bonds is 3. The first-order valence-corrected chi connectivity index (χ1v) is 5.17. The van der Waals surface area contributed by atoms with E-state index in [2.05, 4.69) is 0 Å². The highest BCUT2D eigenvalue weighted by atomic mass is 16.5. The van der Waals surface area contributed by atoms with Crippen LogP contribution in [0.15, 0.2) is 42.5 Å². The van der Waals surface area contributed by atoms with Crippen LogP contribution >= 0.6 is 0 Å². The van der Waals surface area contributed by atoms with Gasteiger partial charge in [-0.25, -0.2) is 0 Å². The molecule has 0 spiro atoms. The average molecular weight is 228 g/mol. The third-order valence-corrected chi connectivity index (χ3v) is 2.54. The Morgan fingerprint density at radius 3 is 2.41 bits per heavy atom. The maximum atomic E-state index is 10.8. The molecule has 0 fully saturated rings. The second-order valence-corrected chi connectivity index (χ2v) is 3.62. The fraction of sp³-hybridized carbons (Fsp3) is 0.0714. The Morgan fingerprint density at radius 1 is 1.12 bits per heavy atom. The topological polar surface area (TPSA) is 46.5 Å². The summed E-state index contributed by atoms with van der Waals surface area (Å²) in [5.74, 6) is 0.903. The Morgan fingerprint density at radius 2 is 1.82 bits per heavy atom. The van der Waals surface area contributed by atoms with Gasteiger partial charge in [0, 0.05) is 11.1 Å². The lowest BCUT2D eigenvalue weighted by Crippen LogP contribution is -1.90. The van der Waals surface area contributed by atoms with Gasteiger partial charge in [-0.15, -0.1) is 0 Å². The molecule has 0 heterocycles. The molecular weight excluding hydrogens is 216 g/mol. The Hall–Kier alpha value is -2.29. The van der Waals surface area contributed by atoms with Crippen molar-refractivity contribution in [3.8, 4) is 22.6 Å². The third-order valence-electron chi connectivity index (χ3n) is 2.54. The summed E-state index contributed by atoms with van der Waals surface area (Å²) in [7, 11) is 1.58. The Bertz CT molecular complexity index is 530. The van der Waals surface area contributed by atoms with Crippen molar-refractivity contribution in [1.82, 2.24) is 0 Å². The molecule has 0 aliphatic carbocycles. The maximum absolute atomic E-state index is 10.8. The second-order valence-electron chi connectivity index (χ2n) is 3.62. The van der Waals surface area contributed by atoms with Crippen molar-refractivity contribution in [2.24, 2.45) is 0 Å². The van der Waals surface area contributed by atoms with E-state index in [-0.39, 0.29) is 5.75 Å². The van der Waals surface area contributed by atoms with Crippen LogP contribution in [-0.4, -0.2) is 18.5 Å². The molecule has 0 amide bonds. The number of aldehydes is 1. The molecule has 0 aliphatic rings. The van der Waals surface area contributed by atoms with E-state index in [1.807, 2.05) is 0 Å². The van der Waals surface area contributed by atoms with Gasteiger partial charge in [0.25, 0.3) is 0 Å². The fourth-order valence-corrected chi connectivity index (χ4v) is 1.67. The molecule has 0 aliphatic heterocycles. The summed E-state index contributed by atoms with van der Waals surface area (Å²) in [6.45, 7) is 0. The smallest absolute Gasteiger partial charge is 0.150 e. The van der Waals surface area contributed by atoms with E-state index in [0.717, 1.165) is 17.4 Å². The standard InChI is InChI=1S/C14H12O3/c1-17-14-7-2-10(9-15)8-13(14)11-3-5-12(16)6-4-11/h2-9,16H,1H3. The van der Waals surface area contributed by atoms with Crippen LogP contribution in [0, 0.1) is 0 Å². The number of ether oxygens (including phenoxy) is 1. The number of hydrogen-bond acceptors (Lipinski definition) is 3. The number of carbonyl (C=O) groups excluding carboxylic acids is 1. The minimum absolute atomic E-state index is 0.208. The van der Waals surface area contributed by atoms with Crippen LogP contribution in [0.25, 0.3) is 11.1 Å². The average Bonchev–Trinajstić information content (AvgIpc) is 2.39. The molecule has 17 heavy (non-hydrogen) atoms. The molecule has 0 atom stereocenters. The van der Waals surface area contributed by atoms with Crippen molar-refractivity contribution in [2.45, 2.75) is 0 Å². The molecule has 0 aromatic heterocycles. The van der Waals surface area contributed by atoms with E-state index in [9.17, 15) is 9.90 Å². The molecule has 0 unspecified atom stereocenters. The summed E-state index contributed by atoms with van der Waals surface area (Å²) in [6, 6.07) is 12.0. The first-order valence-electron chi connectivity index (χ1n) is 5.17. The minimum Gasteiger partial charge on any atom is -0.508 e. The van der Waals surface area contributed by atoms with Gasteiger partial charge >= 0.3 is 0 Å². The van der Waals surface area contributed by atoms with Crippen molar-refractivity contribution in [1.29, 1.82) is 0 Å². The quantitative estimate of drug-likeness (QED) is 0.821. The van der Waals surface area contributed by atoms with Crippen LogP contribution in [-0.2, 0) is 0 Å². The minimum atomic E-state index is 0.208. The Labute approximate surface area is 99.3 Å². The van der Waals surface area contributed by atoms with Gasteiger partial charge in [-0.05, 0) is 35.9 Å². The summed E-state index contributed by atoms with van der Waals surface area (Å²) in [5, 5.41) is 9.24. The predicted octanol–water partition coefficient (Wildman–Crippen LogP) is 2.88. The maximum Gasteiger partial charge on any atom is 0.150 e. The zero-order valence-corrected chi connectivity index (χ0v) is 9.38. The SMILES string of the molecule is COc1ccc(C=O)cc1-c1ccc(O)cc1. The monoisotopic (exact) mass is 228 g/mol. The van der Waals surface area contributed by atoms with Gasteiger partial charge in [-0.3, -0.25) is 4.79 Å². The zero-order valence-electron chi connectivity index (χ0n) is 9.38. The van der Waals surface area contributed by atoms with Gasteiger partial charge in [-0.1, -0.05) is 12.1 Å². The van der Waals surface area contributed by atoms with Crippen LogP contribution in [0.5, 0.6) is 11.5 Å². The van der Waals surface area contributed by atoms with E-state index in [0.29, 0.717) is 11.3 Å². The molecule has 3 heteroatoms. The molecule has 0 saturated carbocycles. The molecule has 86 valence electrons. The molecule has 0 saturated heterocycles. The predicted molar refractivity (Wildman–Crippen MR) is 65.5 cm³/mol. The number of phenolic OH excluding ortho intramolecular Hbond substituents is 1. The van der Waals surface area contributed by atoms with Crippen LogP contribution < -0.4 is 4.74 Å². The second kappa shape index (κ2) is 4.70. The van der Waals surface area contributed by atoms with Crippen LogP contribution in [0.2, 0.25) is 0 Å². The van der Waals surface area contributed by atoms with Crippen molar-refractivity contribution in [3.05, 3.63) is 48.0 Å². The van der Waals surface area contributed by atoms with Crippen LogP contribution in [0.1, 0.15) is 10.4 Å². The molecule has 2 aromatic rings. The summed E-state index contributed by atoms with van der Waals surface area (Å²) in [6.07, 6.45) is 0.795. The number of hydrogen-bond donors (Lipinski definition) is 1. The van der Waals surface area contributed by atoms with Gasteiger partial charge in [0.2, 0.25) is 0 Å². The largest absolute Gasteiger partial charge is 0.508 e. The Balaban J connectivity index is 2.55. The van der Waals surface area contributed by atoms with E-state index in [4.69, 9.17) is 4.74 Å². The van der Waals surface area contributed by atoms with E-state index >= 15 is 0 Å². The van der Waals surface area contributed by atoms with Crippen molar-refractivity contribution in [2.75, 3.05) is 7.11 Å². The summed E-state index contributed by atoms with van der Waals surface area (Å²) in [5.41, 5.74) is 2.31. The molecule has 1 N–H and O–H groups in total. The molecule has 0 radical (unpaired) electrons.